The van der Waals surface area contributed by atoms with Gasteiger partial charge in [-0.2, -0.15) is 0 Å². The van der Waals surface area contributed by atoms with Crippen LogP contribution in [0.2, 0.25) is 5.15 Å². The van der Waals surface area contributed by atoms with Gasteiger partial charge in [-0.05, 0) is 12.5 Å². The molecule has 5 heteroatoms. The van der Waals surface area contributed by atoms with Crippen molar-refractivity contribution in [2.45, 2.75) is 6.42 Å². The van der Waals surface area contributed by atoms with Crippen LogP contribution < -0.4 is 5.73 Å². The Bertz CT molecular complexity index is 312. The number of aromatic nitrogens is 2. The maximum atomic E-state index is 5.77. The van der Waals surface area contributed by atoms with E-state index in [0.29, 0.717) is 22.5 Å². The van der Waals surface area contributed by atoms with Crippen LogP contribution in [0.15, 0.2) is 12.3 Å². The van der Waals surface area contributed by atoms with Gasteiger partial charge in [-0.15, -0.1) is 11.6 Å². The van der Waals surface area contributed by atoms with Gasteiger partial charge in [0.15, 0.2) is 5.15 Å². The van der Waals surface area contributed by atoms with Crippen molar-refractivity contribution in [2.75, 3.05) is 11.6 Å². The first-order valence-corrected chi connectivity index (χ1v) is 4.66. The average Bonchev–Trinajstić information content (AvgIpc) is 2.09. The molecule has 1 aromatic heterocycles. The highest BCUT2D eigenvalue weighted by Crippen LogP contribution is 2.13. The van der Waals surface area contributed by atoms with E-state index in [2.05, 4.69) is 9.97 Å². The van der Waals surface area contributed by atoms with Gasteiger partial charge in [0, 0.05) is 5.88 Å². The molecule has 0 bridgehead atoms. The van der Waals surface area contributed by atoms with E-state index in [1.165, 1.54) is 6.20 Å². The molecule has 0 amide bonds. The molecule has 1 heterocycles. The molecule has 0 fully saturated rings. The predicted molar refractivity (Wildman–Crippen MR) is 55.8 cm³/mol. The average molecular weight is 218 g/mol. The third-order valence-corrected chi connectivity index (χ3v) is 1.82. The summed E-state index contributed by atoms with van der Waals surface area (Å²) in [7, 11) is 0. The Morgan fingerprint density at radius 2 is 2.31 bits per heavy atom. The van der Waals surface area contributed by atoms with E-state index in [-0.39, 0.29) is 0 Å². The highest BCUT2D eigenvalue weighted by atomic mass is 35.5. The molecule has 70 valence electrons. The van der Waals surface area contributed by atoms with Gasteiger partial charge < -0.3 is 5.73 Å². The van der Waals surface area contributed by atoms with Crippen molar-refractivity contribution in [3.05, 3.63) is 23.1 Å². The van der Waals surface area contributed by atoms with Crippen LogP contribution in [0.25, 0.3) is 6.08 Å². The molecule has 1 rings (SSSR count). The molecule has 0 aromatic carbocycles. The lowest BCUT2D eigenvalue weighted by molar-refractivity contribution is 1.18. The lowest BCUT2D eigenvalue weighted by Gasteiger charge is -1.96. The van der Waals surface area contributed by atoms with E-state index in [1.54, 1.807) is 6.08 Å². The molecule has 0 radical (unpaired) electrons. The van der Waals surface area contributed by atoms with Gasteiger partial charge in [0.25, 0.3) is 0 Å². The van der Waals surface area contributed by atoms with Crippen molar-refractivity contribution in [3.8, 4) is 0 Å². The summed E-state index contributed by atoms with van der Waals surface area (Å²) in [5, 5.41) is 0.311. The van der Waals surface area contributed by atoms with Gasteiger partial charge in [0.05, 0.1) is 6.20 Å². The topological polar surface area (TPSA) is 51.8 Å². The summed E-state index contributed by atoms with van der Waals surface area (Å²) in [6.07, 6.45) is 5.91. The number of nitrogens with two attached hydrogens (primary N) is 1. The Kier molecular flexibility index (Phi) is 3.99. The second-order valence-corrected chi connectivity index (χ2v) is 3.09. The predicted octanol–water partition coefficient (Wildman–Crippen LogP) is 2.35. The highest BCUT2D eigenvalue weighted by Gasteiger charge is 1.98. The van der Waals surface area contributed by atoms with Crippen molar-refractivity contribution >= 4 is 35.1 Å². The first-order valence-electron chi connectivity index (χ1n) is 3.74. The highest BCUT2D eigenvalue weighted by molar-refractivity contribution is 6.30. The summed E-state index contributed by atoms with van der Waals surface area (Å²) in [5.74, 6) is 0.899. The minimum atomic E-state index is 0.311. The molecule has 0 aliphatic heterocycles. The number of anilines is 1. The van der Waals surface area contributed by atoms with E-state index in [0.717, 1.165) is 6.42 Å². The fourth-order valence-electron chi connectivity index (χ4n) is 0.758. The van der Waals surface area contributed by atoms with Crippen molar-refractivity contribution in [1.29, 1.82) is 0 Å². The lowest BCUT2D eigenvalue weighted by atomic mass is 10.3. The molecule has 13 heavy (non-hydrogen) atoms. The quantitative estimate of drug-likeness (QED) is 0.792. The molecule has 0 spiro atoms. The summed E-state index contributed by atoms with van der Waals surface area (Å²) in [6.45, 7) is 0. The van der Waals surface area contributed by atoms with Crippen LogP contribution in [0.1, 0.15) is 12.1 Å². The summed E-state index contributed by atoms with van der Waals surface area (Å²) < 4.78 is 0. The fourth-order valence-corrected chi connectivity index (χ4v) is 1.09. The van der Waals surface area contributed by atoms with Crippen molar-refractivity contribution < 1.29 is 0 Å². The Morgan fingerprint density at radius 3 is 2.92 bits per heavy atom. The van der Waals surface area contributed by atoms with Crippen molar-refractivity contribution in [2.24, 2.45) is 0 Å². The first kappa shape index (κ1) is 10.3. The Hall–Kier alpha value is -0.800. The molecule has 0 aliphatic rings. The lowest BCUT2D eigenvalue weighted by Crippen LogP contribution is -1.94. The number of nitrogen functional groups attached to an aromatic ring is 1. The van der Waals surface area contributed by atoms with Crippen molar-refractivity contribution in [1.82, 2.24) is 9.97 Å². The molecule has 0 atom stereocenters. The van der Waals surface area contributed by atoms with Gasteiger partial charge in [0.1, 0.15) is 11.5 Å². The normalized spacial score (nSPS) is 10.9. The Labute approximate surface area is 86.6 Å². The molecule has 1 aromatic rings. The molecule has 0 saturated carbocycles. The number of hydrogen-bond donors (Lipinski definition) is 1. The monoisotopic (exact) mass is 217 g/mol. The van der Waals surface area contributed by atoms with Crippen LogP contribution in [0.4, 0.5) is 5.82 Å². The van der Waals surface area contributed by atoms with Crippen molar-refractivity contribution in [3.63, 3.8) is 0 Å². The molecule has 2 N–H and O–H groups in total. The maximum absolute atomic E-state index is 5.77. The van der Waals surface area contributed by atoms with Gasteiger partial charge in [-0.25, -0.2) is 9.97 Å². The molecule has 3 nitrogen and oxygen atoms in total. The number of alkyl halides is 1. The van der Waals surface area contributed by atoms with E-state index < -0.39 is 0 Å². The van der Waals surface area contributed by atoms with Crippen LogP contribution >= 0.6 is 23.2 Å². The van der Waals surface area contributed by atoms with Crippen LogP contribution in [-0.4, -0.2) is 15.8 Å². The van der Waals surface area contributed by atoms with Crippen LogP contribution in [0.5, 0.6) is 0 Å². The largest absolute Gasteiger partial charge is 0.382 e. The van der Waals surface area contributed by atoms with Crippen LogP contribution in [0.3, 0.4) is 0 Å². The third kappa shape index (κ3) is 3.20. The number of allylic oxidation sites excluding steroid dienone is 1. The molecule has 0 unspecified atom stereocenters. The zero-order valence-corrected chi connectivity index (χ0v) is 8.39. The molecular formula is C8H9Cl2N3. The summed E-state index contributed by atoms with van der Waals surface area (Å²) >= 11 is 11.3. The zero-order chi connectivity index (χ0) is 9.68. The molecule has 0 aliphatic carbocycles. The second kappa shape index (κ2) is 5.04. The Balaban J connectivity index is 2.77. The van der Waals surface area contributed by atoms with E-state index in [9.17, 15) is 0 Å². The zero-order valence-electron chi connectivity index (χ0n) is 6.87. The van der Waals surface area contributed by atoms with Gasteiger partial charge in [0.2, 0.25) is 0 Å². The molecule has 0 saturated heterocycles. The standard InChI is InChI=1S/C8H9Cl2N3/c9-4-2-1-3-6-8(10)13-7(11)5-12-6/h1,3,5H,2,4H2,(H2,11,13). The van der Waals surface area contributed by atoms with E-state index in [4.69, 9.17) is 28.9 Å². The third-order valence-electron chi connectivity index (χ3n) is 1.33. The van der Waals surface area contributed by atoms with Gasteiger partial charge in [-0.1, -0.05) is 17.7 Å². The van der Waals surface area contributed by atoms with Gasteiger partial charge in [-0.3, -0.25) is 0 Å². The Morgan fingerprint density at radius 1 is 1.54 bits per heavy atom. The number of rotatable bonds is 3. The number of halogens is 2. The SMILES string of the molecule is Nc1cnc(C=CCCCl)c(Cl)n1. The number of nitrogens with zero attached hydrogens (tertiary/aromatic N) is 2. The minimum absolute atomic E-state index is 0.311. The first-order chi connectivity index (χ1) is 6.24. The van der Waals surface area contributed by atoms with E-state index >= 15 is 0 Å². The van der Waals surface area contributed by atoms with Crippen LogP contribution in [-0.2, 0) is 0 Å². The molecular weight excluding hydrogens is 209 g/mol. The van der Waals surface area contributed by atoms with Gasteiger partial charge >= 0.3 is 0 Å². The fraction of sp³-hybridized carbons (Fsp3) is 0.250. The van der Waals surface area contributed by atoms with E-state index in [1.807, 2.05) is 6.08 Å². The minimum Gasteiger partial charge on any atom is -0.382 e. The van der Waals surface area contributed by atoms with Crippen LogP contribution in [0, 0.1) is 0 Å². The number of hydrogen-bond acceptors (Lipinski definition) is 3. The summed E-state index contributed by atoms with van der Waals surface area (Å²) in [4.78, 5) is 7.85. The smallest absolute Gasteiger partial charge is 0.157 e. The summed E-state index contributed by atoms with van der Waals surface area (Å²) in [5.41, 5.74) is 5.99. The summed E-state index contributed by atoms with van der Waals surface area (Å²) in [6, 6.07) is 0. The maximum Gasteiger partial charge on any atom is 0.157 e. The second-order valence-electron chi connectivity index (χ2n) is 2.35.